The molecule has 0 radical (unpaired) electrons. The summed E-state index contributed by atoms with van der Waals surface area (Å²) in [5.74, 6) is 0.493. The third-order valence-corrected chi connectivity index (χ3v) is 5.34. The Morgan fingerprint density at radius 3 is 2.74 bits per heavy atom. The Labute approximate surface area is 115 Å². The van der Waals surface area contributed by atoms with Crippen molar-refractivity contribution in [1.29, 1.82) is 0 Å². The van der Waals surface area contributed by atoms with Crippen molar-refractivity contribution in [2.45, 2.75) is 25.8 Å². The second kappa shape index (κ2) is 7.21. The number of sulfone groups is 1. The second-order valence-corrected chi connectivity index (χ2v) is 7.44. The SMILES string of the molecule is CC1CS(=O)(=O)CCN1CCC(=O)N(C)CCCN. The maximum Gasteiger partial charge on any atom is 0.223 e. The molecular weight excluding hydrogens is 266 g/mol. The first-order chi connectivity index (χ1) is 8.85. The van der Waals surface area contributed by atoms with E-state index in [0.29, 0.717) is 32.6 Å². The van der Waals surface area contributed by atoms with Gasteiger partial charge in [0.05, 0.1) is 11.5 Å². The van der Waals surface area contributed by atoms with Crippen LogP contribution in [0.25, 0.3) is 0 Å². The maximum absolute atomic E-state index is 11.9. The van der Waals surface area contributed by atoms with Gasteiger partial charge in [0.2, 0.25) is 5.91 Å². The number of nitrogens with two attached hydrogens (primary N) is 1. The summed E-state index contributed by atoms with van der Waals surface area (Å²) in [6.07, 6.45) is 1.24. The van der Waals surface area contributed by atoms with Crippen LogP contribution in [-0.2, 0) is 14.6 Å². The van der Waals surface area contributed by atoms with E-state index >= 15 is 0 Å². The topological polar surface area (TPSA) is 83.7 Å². The molecule has 0 aromatic rings. The molecule has 7 heteroatoms. The molecule has 6 nitrogen and oxygen atoms in total. The van der Waals surface area contributed by atoms with Crippen LogP contribution in [0.5, 0.6) is 0 Å². The van der Waals surface area contributed by atoms with Crippen molar-refractivity contribution < 1.29 is 13.2 Å². The van der Waals surface area contributed by atoms with Crippen molar-refractivity contribution in [3.8, 4) is 0 Å². The molecule has 1 fully saturated rings. The average molecular weight is 291 g/mol. The normalized spacial score (nSPS) is 23.2. The zero-order valence-corrected chi connectivity index (χ0v) is 12.7. The van der Waals surface area contributed by atoms with Crippen molar-refractivity contribution >= 4 is 15.7 Å². The van der Waals surface area contributed by atoms with Gasteiger partial charge in [-0.1, -0.05) is 0 Å². The third kappa shape index (κ3) is 5.46. The molecule has 0 aliphatic carbocycles. The minimum absolute atomic E-state index is 0.000831. The molecule has 1 aliphatic rings. The first-order valence-electron chi connectivity index (χ1n) is 6.74. The van der Waals surface area contributed by atoms with E-state index in [4.69, 9.17) is 5.73 Å². The van der Waals surface area contributed by atoms with E-state index in [1.165, 1.54) is 0 Å². The lowest BCUT2D eigenvalue weighted by Crippen LogP contribution is -2.48. The minimum Gasteiger partial charge on any atom is -0.346 e. The third-order valence-electron chi connectivity index (χ3n) is 3.54. The van der Waals surface area contributed by atoms with Gasteiger partial charge in [-0.05, 0) is 19.9 Å². The monoisotopic (exact) mass is 291 g/mol. The Bertz CT molecular complexity index is 397. The second-order valence-electron chi connectivity index (χ2n) is 5.21. The standard InChI is InChI=1S/C12H25N3O3S/c1-11-10-19(17,18)9-8-15(11)7-4-12(16)14(2)6-3-5-13/h11H,3-10,13H2,1-2H3. The van der Waals surface area contributed by atoms with Gasteiger partial charge in [0, 0.05) is 39.1 Å². The molecule has 1 atom stereocenters. The van der Waals surface area contributed by atoms with E-state index in [-0.39, 0.29) is 23.5 Å². The first-order valence-corrected chi connectivity index (χ1v) is 8.56. The van der Waals surface area contributed by atoms with E-state index in [1.54, 1.807) is 11.9 Å². The Balaban J connectivity index is 2.34. The van der Waals surface area contributed by atoms with Gasteiger partial charge in [0.1, 0.15) is 0 Å². The summed E-state index contributed by atoms with van der Waals surface area (Å²) in [4.78, 5) is 15.6. The summed E-state index contributed by atoms with van der Waals surface area (Å²) in [6, 6.07) is 0.000831. The molecule has 1 aliphatic heterocycles. The van der Waals surface area contributed by atoms with Gasteiger partial charge in [-0.15, -0.1) is 0 Å². The van der Waals surface area contributed by atoms with E-state index in [1.807, 2.05) is 6.92 Å². The Morgan fingerprint density at radius 2 is 2.16 bits per heavy atom. The van der Waals surface area contributed by atoms with Gasteiger partial charge in [0.25, 0.3) is 0 Å². The lowest BCUT2D eigenvalue weighted by molar-refractivity contribution is -0.130. The van der Waals surface area contributed by atoms with Gasteiger partial charge in [-0.25, -0.2) is 8.42 Å². The zero-order chi connectivity index (χ0) is 14.5. The van der Waals surface area contributed by atoms with Crippen molar-refractivity contribution in [2.75, 3.05) is 44.7 Å². The maximum atomic E-state index is 11.9. The van der Waals surface area contributed by atoms with E-state index < -0.39 is 9.84 Å². The molecule has 1 heterocycles. The molecular formula is C12H25N3O3S. The summed E-state index contributed by atoms with van der Waals surface area (Å²) in [7, 11) is -1.10. The molecule has 0 aromatic heterocycles. The fourth-order valence-electron chi connectivity index (χ4n) is 2.25. The minimum atomic E-state index is -2.88. The molecule has 19 heavy (non-hydrogen) atoms. The molecule has 112 valence electrons. The van der Waals surface area contributed by atoms with Crippen LogP contribution in [0.2, 0.25) is 0 Å². The number of nitrogens with zero attached hydrogens (tertiary/aromatic N) is 2. The van der Waals surface area contributed by atoms with Crippen molar-refractivity contribution in [3.05, 3.63) is 0 Å². The number of hydrogen-bond donors (Lipinski definition) is 1. The first kappa shape index (κ1) is 16.4. The van der Waals surface area contributed by atoms with Crippen LogP contribution in [0.1, 0.15) is 19.8 Å². The molecule has 2 N–H and O–H groups in total. The van der Waals surface area contributed by atoms with E-state index in [9.17, 15) is 13.2 Å². The van der Waals surface area contributed by atoms with Crippen LogP contribution >= 0.6 is 0 Å². The van der Waals surface area contributed by atoms with Crippen molar-refractivity contribution in [3.63, 3.8) is 0 Å². The molecule has 0 saturated carbocycles. The molecule has 0 bridgehead atoms. The van der Waals surface area contributed by atoms with Crippen LogP contribution < -0.4 is 5.73 Å². The number of rotatable bonds is 6. The Hall–Kier alpha value is -0.660. The summed E-state index contributed by atoms with van der Waals surface area (Å²) >= 11 is 0. The smallest absolute Gasteiger partial charge is 0.223 e. The summed E-state index contributed by atoms with van der Waals surface area (Å²) < 4.78 is 22.9. The Morgan fingerprint density at radius 1 is 1.47 bits per heavy atom. The van der Waals surface area contributed by atoms with Gasteiger partial charge in [-0.3, -0.25) is 9.69 Å². The number of hydrogen-bond acceptors (Lipinski definition) is 5. The average Bonchev–Trinajstić information content (AvgIpc) is 2.33. The highest BCUT2D eigenvalue weighted by molar-refractivity contribution is 7.91. The zero-order valence-electron chi connectivity index (χ0n) is 11.8. The molecule has 0 aromatic carbocycles. The summed E-state index contributed by atoms with van der Waals surface area (Å²) in [5.41, 5.74) is 5.41. The molecule has 1 amide bonds. The highest BCUT2D eigenvalue weighted by Crippen LogP contribution is 2.12. The predicted octanol–water partition coefficient (Wildman–Crippen LogP) is -0.697. The van der Waals surface area contributed by atoms with Crippen molar-refractivity contribution in [2.24, 2.45) is 5.73 Å². The van der Waals surface area contributed by atoms with E-state index in [0.717, 1.165) is 6.42 Å². The van der Waals surface area contributed by atoms with Crippen LogP contribution in [-0.4, -0.2) is 74.9 Å². The predicted molar refractivity (Wildman–Crippen MR) is 75.6 cm³/mol. The molecule has 1 saturated heterocycles. The van der Waals surface area contributed by atoms with Gasteiger partial charge in [-0.2, -0.15) is 0 Å². The van der Waals surface area contributed by atoms with Crippen LogP contribution in [0.15, 0.2) is 0 Å². The van der Waals surface area contributed by atoms with Gasteiger partial charge < -0.3 is 10.6 Å². The van der Waals surface area contributed by atoms with Crippen LogP contribution in [0, 0.1) is 0 Å². The fourth-order valence-corrected chi connectivity index (χ4v) is 3.87. The Kier molecular flexibility index (Phi) is 6.22. The molecule has 1 unspecified atom stereocenters. The van der Waals surface area contributed by atoms with Crippen LogP contribution in [0.4, 0.5) is 0 Å². The fraction of sp³-hybridized carbons (Fsp3) is 0.917. The summed E-state index contributed by atoms with van der Waals surface area (Å²) in [6.45, 7) is 4.32. The quantitative estimate of drug-likeness (QED) is 0.700. The molecule has 0 spiro atoms. The largest absolute Gasteiger partial charge is 0.346 e. The lowest BCUT2D eigenvalue weighted by Gasteiger charge is -2.33. The van der Waals surface area contributed by atoms with E-state index in [2.05, 4.69) is 4.90 Å². The number of amides is 1. The highest BCUT2D eigenvalue weighted by atomic mass is 32.2. The molecule has 1 rings (SSSR count). The van der Waals surface area contributed by atoms with Gasteiger partial charge >= 0.3 is 0 Å². The number of carbonyl (C=O) groups excluding carboxylic acids is 1. The van der Waals surface area contributed by atoms with Gasteiger partial charge in [0.15, 0.2) is 9.84 Å². The van der Waals surface area contributed by atoms with Crippen molar-refractivity contribution in [1.82, 2.24) is 9.80 Å². The van der Waals surface area contributed by atoms with Crippen LogP contribution in [0.3, 0.4) is 0 Å². The summed E-state index contributed by atoms with van der Waals surface area (Å²) in [5, 5.41) is 0. The highest BCUT2D eigenvalue weighted by Gasteiger charge is 2.28. The number of carbonyl (C=O) groups is 1. The lowest BCUT2D eigenvalue weighted by atomic mass is 10.2.